The highest BCUT2D eigenvalue weighted by Crippen LogP contribution is 2.48. The Morgan fingerprint density at radius 3 is 2.60 bits per heavy atom. The van der Waals surface area contributed by atoms with Gasteiger partial charge in [0.2, 0.25) is 11.8 Å². The number of nitrogens with zero attached hydrogens (tertiary/aromatic N) is 2. The minimum atomic E-state index is -0.618. The Labute approximate surface area is 176 Å². The molecule has 1 amide bonds. The Bertz CT molecular complexity index is 1040. The van der Waals surface area contributed by atoms with Crippen molar-refractivity contribution in [3.8, 4) is 0 Å². The van der Waals surface area contributed by atoms with Crippen LogP contribution in [0.15, 0.2) is 53.6 Å². The normalized spacial score (nSPS) is 20.1. The molecule has 1 aromatic carbocycles. The molecule has 6 nitrogen and oxygen atoms in total. The molecule has 0 atom stereocenters. The van der Waals surface area contributed by atoms with E-state index in [-0.39, 0.29) is 23.6 Å². The first kappa shape index (κ1) is 20.1. The number of ketones is 1. The first-order valence-corrected chi connectivity index (χ1v) is 10.4. The van der Waals surface area contributed by atoms with Crippen LogP contribution < -0.4 is 5.32 Å². The number of amides is 1. The Morgan fingerprint density at radius 1 is 1.23 bits per heavy atom. The molecule has 2 aliphatic carbocycles. The zero-order valence-electron chi connectivity index (χ0n) is 17.7. The summed E-state index contributed by atoms with van der Waals surface area (Å²) in [6, 6.07) is 5.76. The van der Waals surface area contributed by atoms with Crippen molar-refractivity contribution in [2.24, 2.45) is 10.5 Å². The molecule has 0 unspecified atom stereocenters. The Balaban J connectivity index is 1.65. The SMILES string of the molecule is C=C1C(c2cccc3c2CCC3=O)=CC=C(O)N1/N=C(\C)C1(C(=O)NC(C)C)CC1. The van der Waals surface area contributed by atoms with E-state index in [4.69, 9.17) is 0 Å². The highest BCUT2D eigenvalue weighted by molar-refractivity contribution is 6.10. The molecule has 4 rings (SSSR count). The average molecular weight is 405 g/mol. The second kappa shape index (κ2) is 7.27. The maximum atomic E-state index is 12.7. The second-order valence-electron chi connectivity index (χ2n) is 8.51. The van der Waals surface area contributed by atoms with E-state index in [2.05, 4.69) is 17.0 Å². The Kier molecular flexibility index (Phi) is 4.88. The number of allylic oxidation sites excluding steroid dienone is 3. The third kappa shape index (κ3) is 3.26. The third-order valence-electron chi connectivity index (χ3n) is 6.10. The smallest absolute Gasteiger partial charge is 0.232 e. The highest BCUT2D eigenvalue weighted by Gasteiger charge is 2.53. The number of benzene rings is 1. The molecule has 1 fully saturated rings. The maximum absolute atomic E-state index is 12.7. The number of nitrogens with one attached hydrogen (secondary N) is 1. The van der Waals surface area contributed by atoms with Gasteiger partial charge in [-0.15, -0.1) is 0 Å². The van der Waals surface area contributed by atoms with E-state index in [9.17, 15) is 14.7 Å². The first-order chi connectivity index (χ1) is 14.2. The summed E-state index contributed by atoms with van der Waals surface area (Å²) in [4.78, 5) is 24.8. The number of aliphatic hydroxyl groups is 1. The fourth-order valence-electron chi connectivity index (χ4n) is 4.20. The zero-order valence-corrected chi connectivity index (χ0v) is 17.7. The second-order valence-corrected chi connectivity index (χ2v) is 8.51. The molecule has 6 heteroatoms. The van der Waals surface area contributed by atoms with Crippen LogP contribution in [-0.2, 0) is 11.2 Å². The molecule has 1 saturated carbocycles. The van der Waals surface area contributed by atoms with Crippen molar-refractivity contribution in [3.05, 3.63) is 65.2 Å². The molecule has 1 aliphatic heterocycles. The minimum absolute atomic E-state index is 0.0278. The number of hydrogen-bond acceptors (Lipinski definition) is 5. The summed E-state index contributed by atoms with van der Waals surface area (Å²) in [5, 5.41) is 19.5. The van der Waals surface area contributed by atoms with Crippen molar-refractivity contribution in [3.63, 3.8) is 0 Å². The van der Waals surface area contributed by atoms with E-state index >= 15 is 0 Å². The van der Waals surface area contributed by atoms with Crippen molar-refractivity contribution in [2.45, 2.75) is 52.5 Å². The number of Topliss-reactive ketones (excluding diaryl/α,β-unsaturated/α-hetero) is 1. The van der Waals surface area contributed by atoms with Crippen LogP contribution >= 0.6 is 0 Å². The van der Waals surface area contributed by atoms with E-state index in [1.807, 2.05) is 39.0 Å². The van der Waals surface area contributed by atoms with E-state index < -0.39 is 5.41 Å². The molecule has 3 aliphatic rings. The lowest BCUT2D eigenvalue weighted by molar-refractivity contribution is -0.124. The van der Waals surface area contributed by atoms with E-state index in [1.54, 1.807) is 12.2 Å². The van der Waals surface area contributed by atoms with Gasteiger partial charge in [-0.1, -0.05) is 24.8 Å². The quantitative estimate of drug-likeness (QED) is 0.723. The lowest BCUT2D eigenvalue weighted by atomic mass is 9.93. The molecule has 0 spiro atoms. The summed E-state index contributed by atoms with van der Waals surface area (Å²) in [6.45, 7) is 9.85. The van der Waals surface area contributed by atoms with Crippen molar-refractivity contribution >= 4 is 23.0 Å². The first-order valence-electron chi connectivity index (χ1n) is 10.4. The molecule has 1 aromatic rings. The van der Waals surface area contributed by atoms with Gasteiger partial charge >= 0.3 is 0 Å². The molecule has 1 heterocycles. The molecule has 30 heavy (non-hydrogen) atoms. The van der Waals surface area contributed by atoms with Crippen molar-refractivity contribution < 1.29 is 14.7 Å². The standard InChI is InChI=1S/C24H27N3O3/c1-14(2)25-23(30)24(12-13-24)16(4)26-27-15(3)17(9-11-22(27)29)18-6-5-7-20-19(18)8-10-21(20)28/h5-7,9,11,14,29H,3,8,10,12-13H2,1-2,4H3,(H,25,30)/b26-16+. The van der Waals surface area contributed by atoms with Crippen LogP contribution in [0.25, 0.3) is 5.57 Å². The van der Waals surface area contributed by atoms with Gasteiger partial charge in [0.05, 0.1) is 16.8 Å². The van der Waals surface area contributed by atoms with Crippen LogP contribution in [0.4, 0.5) is 0 Å². The van der Waals surface area contributed by atoms with Gasteiger partial charge in [-0.3, -0.25) is 9.59 Å². The molecule has 0 radical (unpaired) electrons. The topological polar surface area (TPSA) is 82.0 Å². The number of carbonyl (C=O) groups excluding carboxylic acids is 2. The summed E-state index contributed by atoms with van der Waals surface area (Å²) in [5.74, 6) is 0.0802. The lowest BCUT2D eigenvalue weighted by Crippen LogP contribution is -2.40. The van der Waals surface area contributed by atoms with Gasteiger partial charge in [0.15, 0.2) is 5.78 Å². The largest absolute Gasteiger partial charge is 0.493 e. The third-order valence-corrected chi connectivity index (χ3v) is 6.10. The van der Waals surface area contributed by atoms with Crippen molar-refractivity contribution in [2.75, 3.05) is 0 Å². The van der Waals surface area contributed by atoms with Crippen LogP contribution in [-0.4, -0.2) is 33.6 Å². The van der Waals surface area contributed by atoms with Crippen molar-refractivity contribution in [1.82, 2.24) is 10.3 Å². The summed E-state index contributed by atoms with van der Waals surface area (Å²) in [6.07, 6.45) is 6.07. The molecule has 2 N–H and O–H groups in total. The summed E-state index contributed by atoms with van der Waals surface area (Å²) >= 11 is 0. The lowest BCUT2D eigenvalue weighted by Gasteiger charge is -2.28. The van der Waals surface area contributed by atoms with Crippen LogP contribution in [0.3, 0.4) is 0 Å². The molecule has 156 valence electrons. The summed E-state index contributed by atoms with van der Waals surface area (Å²) in [7, 11) is 0. The monoisotopic (exact) mass is 405 g/mol. The number of rotatable bonds is 5. The fourth-order valence-corrected chi connectivity index (χ4v) is 4.20. The Hall–Kier alpha value is -3.15. The predicted octanol–water partition coefficient (Wildman–Crippen LogP) is 4.11. The van der Waals surface area contributed by atoms with Crippen LogP contribution in [0.5, 0.6) is 0 Å². The van der Waals surface area contributed by atoms with Crippen molar-refractivity contribution in [1.29, 1.82) is 0 Å². The maximum Gasteiger partial charge on any atom is 0.232 e. The summed E-state index contributed by atoms with van der Waals surface area (Å²) in [5.41, 5.74) is 4.07. The van der Waals surface area contributed by atoms with Gasteiger partial charge < -0.3 is 10.4 Å². The predicted molar refractivity (Wildman–Crippen MR) is 117 cm³/mol. The van der Waals surface area contributed by atoms with E-state index in [0.29, 0.717) is 24.3 Å². The minimum Gasteiger partial charge on any atom is -0.493 e. The van der Waals surface area contributed by atoms with E-state index in [0.717, 1.165) is 35.1 Å². The fraction of sp³-hybridized carbons (Fsp3) is 0.375. The molecular formula is C24H27N3O3. The number of aliphatic hydroxyl groups excluding tert-OH is 1. The van der Waals surface area contributed by atoms with Gasteiger partial charge in [0.25, 0.3) is 0 Å². The molecule has 0 saturated heterocycles. The van der Waals surface area contributed by atoms with Crippen LogP contribution in [0.1, 0.15) is 61.5 Å². The molecule has 0 bridgehead atoms. The molecule has 0 aromatic heterocycles. The van der Waals surface area contributed by atoms with Gasteiger partial charge in [0.1, 0.15) is 0 Å². The Morgan fingerprint density at radius 2 is 1.93 bits per heavy atom. The van der Waals surface area contributed by atoms with Gasteiger partial charge in [-0.05, 0) is 57.2 Å². The average Bonchev–Trinajstić information content (AvgIpc) is 3.43. The van der Waals surface area contributed by atoms with E-state index in [1.165, 1.54) is 5.01 Å². The number of fused-ring (bicyclic) bond motifs is 1. The summed E-state index contributed by atoms with van der Waals surface area (Å²) < 4.78 is 0. The number of carbonyl (C=O) groups is 2. The highest BCUT2D eigenvalue weighted by atomic mass is 16.3. The van der Waals surface area contributed by atoms with Gasteiger partial charge in [-0.2, -0.15) is 5.10 Å². The van der Waals surface area contributed by atoms with Gasteiger partial charge in [0, 0.05) is 29.7 Å². The van der Waals surface area contributed by atoms with Crippen LogP contribution in [0.2, 0.25) is 0 Å². The molecular weight excluding hydrogens is 378 g/mol. The van der Waals surface area contributed by atoms with Gasteiger partial charge in [-0.25, -0.2) is 5.01 Å². The number of hydrogen-bond donors (Lipinski definition) is 2. The number of hydrazone groups is 1. The zero-order chi connectivity index (χ0) is 21.6. The van der Waals surface area contributed by atoms with Crippen LogP contribution in [0, 0.1) is 5.41 Å².